The number of hydrogen-bond donors (Lipinski definition) is 1. The molecule has 0 bridgehead atoms. The predicted octanol–water partition coefficient (Wildman–Crippen LogP) is 4.48. The van der Waals surface area contributed by atoms with Crippen LogP contribution in [0.5, 0.6) is 0 Å². The van der Waals surface area contributed by atoms with Crippen LogP contribution in [0.2, 0.25) is 5.02 Å². The van der Waals surface area contributed by atoms with Gasteiger partial charge in [-0.1, -0.05) is 42.8 Å². The monoisotopic (exact) mass is 389 g/mol. The van der Waals surface area contributed by atoms with E-state index in [1.165, 1.54) is 24.3 Å². The van der Waals surface area contributed by atoms with Crippen LogP contribution >= 0.6 is 11.6 Å². The van der Waals surface area contributed by atoms with Crippen LogP contribution in [-0.2, 0) is 14.3 Å². The number of esters is 1. The molecule has 2 aromatic carbocycles. The second kappa shape index (κ2) is 9.88. The van der Waals surface area contributed by atoms with Crippen LogP contribution in [0.15, 0.2) is 48.5 Å². The zero-order chi connectivity index (χ0) is 19.8. The van der Waals surface area contributed by atoms with Crippen LogP contribution in [0.1, 0.15) is 31.4 Å². The van der Waals surface area contributed by atoms with E-state index in [0.29, 0.717) is 10.6 Å². The molecule has 0 saturated carbocycles. The molecule has 6 heteroatoms. The highest BCUT2D eigenvalue weighted by atomic mass is 35.5. The third kappa shape index (κ3) is 6.53. The molecule has 4 nitrogen and oxygen atoms in total. The van der Waals surface area contributed by atoms with Gasteiger partial charge in [-0.2, -0.15) is 0 Å². The van der Waals surface area contributed by atoms with Crippen LogP contribution in [-0.4, -0.2) is 24.5 Å². The average molecular weight is 390 g/mol. The first-order chi connectivity index (χ1) is 12.9. The van der Waals surface area contributed by atoms with Gasteiger partial charge in [0.1, 0.15) is 5.82 Å². The van der Waals surface area contributed by atoms with Gasteiger partial charge in [0.2, 0.25) is 0 Å². The van der Waals surface area contributed by atoms with E-state index in [4.69, 9.17) is 16.3 Å². The predicted molar refractivity (Wildman–Crippen MR) is 105 cm³/mol. The molecule has 2 aromatic rings. The van der Waals surface area contributed by atoms with Crippen LogP contribution in [0.4, 0.5) is 4.39 Å². The Balaban J connectivity index is 2.21. The molecular formula is C21H21ClFNO3. The van der Waals surface area contributed by atoms with Crippen molar-refractivity contribution in [3.63, 3.8) is 0 Å². The molecule has 0 fully saturated rings. The summed E-state index contributed by atoms with van der Waals surface area (Å²) < 4.78 is 18.4. The maximum Gasteiger partial charge on any atom is 0.339 e. The molecule has 0 radical (unpaired) electrons. The topological polar surface area (TPSA) is 55.4 Å². The third-order valence-electron chi connectivity index (χ3n) is 3.91. The summed E-state index contributed by atoms with van der Waals surface area (Å²) >= 11 is 5.88. The Morgan fingerprint density at radius 2 is 1.78 bits per heavy atom. The van der Waals surface area contributed by atoms with Crippen molar-refractivity contribution in [2.75, 3.05) is 6.61 Å². The van der Waals surface area contributed by atoms with Crippen molar-refractivity contribution < 1.29 is 18.7 Å². The quantitative estimate of drug-likeness (QED) is 0.431. The summed E-state index contributed by atoms with van der Waals surface area (Å²) in [6.45, 7) is 3.42. The minimum Gasteiger partial charge on any atom is -0.452 e. The van der Waals surface area contributed by atoms with E-state index in [-0.39, 0.29) is 24.1 Å². The fourth-order valence-corrected chi connectivity index (χ4v) is 2.37. The van der Waals surface area contributed by atoms with Gasteiger partial charge in [-0.25, -0.2) is 9.18 Å². The summed E-state index contributed by atoms with van der Waals surface area (Å²) in [5.41, 5.74) is 1.42. The van der Waals surface area contributed by atoms with Crippen molar-refractivity contribution >= 4 is 35.1 Å². The van der Waals surface area contributed by atoms with Gasteiger partial charge < -0.3 is 10.1 Å². The van der Waals surface area contributed by atoms with Crippen molar-refractivity contribution in [3.05, 3.63) is 70.5 Å². The first-order valence-electron chi connectivity index (χ1n) is 8.58. The second-order valence-corrected chi connectivity index (χ2v) is 6.51. The van der Waals surface area contributed by atoms with Gasteiger partial charge >= 0.3 is 5.97 Å². The standard InChI is InChI=1S/C21H21ClFNO3/c1-3-14(2)24-20(25)13-27-21(26)19(16-6-10-18(23)11-7-16)12-15-4-8-17(22)9-5-15/h4-12,14H,3,13H2,1-2H3,(H,24,25)/b19-12+/t14-/m0/s1. The Hall–Kier alpha value is -2.66. The molecule has 1 amide bonds. The smallest absolute Gasteiger partial charge is 0.339 e. The van der Waals surface area contributed by atoms with E-state index in [9.17, 15) is 14.0 Å². The van der Waals surface area contributed by atoms with Crippen molar-refractivity contribution in [1.29, 1.82) is 0 Å². The molecule has 1 atom stereocenters. The lowest BCUT2D eigenvalue weighted by molar-refractivity contribution is -0.143. The molecule has 2 rings (SSSR count). The maximum atomic E-state index is 13.2. The Morgan fingerprint density at radius 3 is 2.37 bits per heavy atom. The molecule has 0 aliphatic heterocycles. The molecule has 142 valence electrons. The highest BCUT2D eigenvalue weighted by molar-refractivity contribution is 6.30. The van der Waals surface area contributed by atoms with Crippen LogP contribution < -0.4 is 5.32 Å². The average Bonchev–Trinajstić information content (AvgIpc) is 2.66. The van der Waals surface area contributed by atoms with E-state index in [0.717, 1.165) is 12.0 Å². The number of carbonyl (C=O) groups excluding carboxylic acids is 2. The lowest BCUT2D eigenvalue weighted by Gasteiger charge is -2.12. The van der Waals surface area contributed by atoms with Gasteiger partial charge in [-0.3, -0.25) is 4.79 Å². The van der Waals surface area contributed by atoms with E-state index < -0.39 is 11.8 Å². The molecule has 0 heterocycles. The molecule has 0 spiro atoms. The maximum absolute atomic E-state index is 13.2. The summed E-state index contributed by atoms with van der Waals surface area (Å²) in [6.07, 6.45) is 2.38. The first-order valence-corrected chi connectivity index (χ1v) is 8.96. The molecule has 0 aliphatic carbocycles. The fraction of sp³-hybridized carbons (Fsp3) is 0.238. The van der Waals surface area contributed by atoms with Gasteiger partial charge in [0.05, 0.1) is 5.57 Å². The Kier molecular flexibility index (Phi) is 7.55. The fourth-order valence-electron chi connectivity index (χ4n) is 2.24. The zero-order valence-electron chi connectivity index (χ0n) is 15.2. The van der Waals surface area contributed by atoms with Gasteiger partial charge in [-0.15, -0.1) is 0 Å². The summed E-state index contributed by atoms with van der Waals surface area (Å²) in [4.78, 5) is 24.4. The number of hydrogen-bond acceptors (Lipinski definition) is 3. The highest BCUT2D eigenvalue weighted by Gasteiger charge is 2.16. The minimum absolute atomic E-state index is 0.00243. The molecular weight excluding hydrogens is 369 g/mol. The Bertz CT molecular complexity index is 816. The minimum atomic E-state index is -0.671. The van der Waals surface area contributed by atoms with Gasteiger partial charge in [0.15, 0.2) is 6.61 Å². The number of nitrogens with one attached hydrogen (secondary N) is 1. The summed E-state index contributed by atoms with van der Waals surface area (Å²) in [5, 5.41) is 3.30. The number of rotatable bonds is 7. The lowest BCUT2D eigenvalue weighted by atomic mass is 10.0. The summed E-state index contributed by atoms with van der Waals surface area (Å²) in [5.74, 6) is -1.45. The number of ether oxygens (including phenoxy) is 1. The van der Waals surface area contributed by atoms with E-state index in [2.05, 4.69) is 5.32 Å². The highest BCUT2D eigenvalue weighted by Crippen LogP contribution is 2.21. The molecule has 27 heavy (non-hydrogen) atoms. The number of carbonyl (C=O) groups is 2. The van der Waals surface area contributed by atoms with Crippen LogP contribution in [0.3, 0.4) is 0 Å². The summed E-state index contributed by atoms with van der Waals surface area (Å²) in [6, 6.07) is 12.4. The summed E-state index contributed by atoms with van der Waals surface area (Å²) in [7, 11) is 0. The largest absolute Gasteiger partial charge is 0.452 e. The zero-order valence-corrected chi connectivity index (χ0v) is 15.9. The van der Waals surface area contributed by atoms with Crippen molar-refractivity contribution in [2.24, 2.45) is 0 Å². The van der Waals surface area contributed by atoms with Gasteiger partial charge in [-0.05, 0) is 54.8 Å². The Morgan fingerprint density at radius 1 is 1.15 bits per heavy atom. The molecule has 0 unspecified atom stereocenters. The van der Waals surface area contributed by atoms with Crippen LogP contribution in [0, 0.1) is 5.82 Å². The van der Waals surface area contributed by atoms with Crippen molar-refractivity contribution in [3.8, 4) is 0 Å². The molecule has 0 aromatic heterocycles. The normalized spacial score (nSPS) is 12.4. The van der Waals surface area contributed by atoms with Gasteiger partial charge in [0.25, 0.3) is 5.91 Å². The van der Waals surface area contributed by atoms with E-state index >= 15 is 0 Å². The number of amides is 1. The van der Waals surface area contributed by atoms with Gasteiger partial charge in [0, 0.05) is 11.1 Å². The van der Waals surface area contributed by atoms with Crippen LogP contribution in [0.25, 0.3) is 11.6 Å². The molecule has 1 N–H and O–H groups in total. The SMILES string of the molecule is CC[C@H](C)NC(=O)COC(=O)/C(=C/c1ccc(Cl)cc1)c1ccc(F)cc1. The third-order valence-corrected chi connectivity index (χ3v) is 4.16. The first kappa shape index (κ1) is 20.6. The molecule has 0 saturated heterocycles. The Labute approximate surface area is 163 Å². The molecule has 0 aliphatic rings. The van der Waals surface area contributed by atoms with Crippen molar-refractivity contribution in [1.82, 2.24) is 5.32 Å². The number of benzene rings is 2. The van der Waals surface area contributed by atoms with E-state index in [1.807, 2.05) is 13.8 Å². The van der Waals surface area contributed by atoms with Crippen molar-refractivity contribution in [2.45, 2.75) is 26.3 Å². The lowest BCUT2D eigenvalue weighted by Crippen LogP contribution is -2.35. The van der Waals surface area contributed by atoms with E-state index in [1.54, 1.807) is 30.3 Å². The number of halogens is 2. The second-order valence-electron chi connectivity index (χ2n) is 6.07.